The Morgan fingerprint density at radius 2 is 1.59 bits per heavy atom. The first-order valence-electron chi connectivity index (χ1n) is 15.8. The average molecular weight is 631 g/mol. The van der Waals surface area contributed by atoms with E-state index in [1.54, 1.807) is 33.0 Å². The van der Waals surface area contributed by atoms with E-state index in [2.05, 4.69) is 15.6 Å². The Kier molecular flexibility index (Phi) is 11.4. The van der Waals surface area contributed by atoms with E-state index in [1.807, 2.05) is 75.5 Å². The second-order valence-electron chi connectivity index (χ2n) is 12.4. The number of nitrogens with zero attached hydrogens (tertiary/aromatic N) is 1. The van der Waals surface area contributed by atoms with E-state index < -0.39 is 54.0 Å². The number of hydrogen-bond acceptors (Lipinski definition) is 6. The number of carbonyl (C=O) groups excluding carboxylic acids is 4. The SMILES string of the molecule is COC1C(=O)OC(C)C(C)/C=C(\C)CC(C)C(=O)NC(C)C(=O)N(C)C(Cc2c[nH]c3ccccc23)C(=O)NC1c1ccccc1. The van der Waals surface area contributed by atoms with Gasteiger partial charge < -0.3 is 30.0 Å². The first-order chi connectivity index (χ1) is 21.9. The zero-order valence-electron chi connectivity index (χ0n) is 27.7. The van der Waals surface area contributed by atoms with Crippen LogP contribution in [0.25, 0.3) is 10.9 Å². The van der Waals surface area contributed by atoms with Gasteiger partial charge in [0.15, 0.2) is 6.10 Å². The Morgan fingerprint density at radius 1 is 0.913 bits per heavy atom. The number of benzene rings is 2. The fourth-order valence-electron chi connectivity index (χ4n) is 5.99. The predicted octanol–water partition coefficient (Wildman–Crippen LogP) is 4.47. The maximum Gasteiger partial charge on any atom is 0.338 e. The molecule has 0 spiro atoms. The van der Waals surface area contributed by atoms with Gasteiger partial charge in [-0.1, -0.05) is 74.0 Å². The van der Waals surface area contributed by atoms with Crippen molar-refractivity contribution in [2.75, 3.05) is 14.2 Å². The number of aromatic amines is 1. The van der Waals surface area contributed by atoms with Gasteiger partial charge in [-0.3, -0.25) is 14.4 Å². The lowest BCUT2D eigenvalue weighted by molar-refractivity contribution is -0.164. The second kappa shape index (κ2) is 15.2. The van der Waals surface area contributed by atoms with Gasteiger partial charge in [-0.05, 0) is 44.4 Å². The number of esters is 1. The fraction of sp³-hybridized carbons (Fsp3) is 0.444. The van der Waals surface area contributed by atoms with E-state index in [0.717, 1.165) is 22.0 Å². The highest BCUT2D eigenvalue weighted by molar-refractivity contribution is 5.93. The predicted molar refractivity (Wildman–Crippen MR) is 177 cm³/mol. The third-order valence-electron chi connectivity index (χ3n) is 8.85. The van der Waals surface area contributed by atoms with Crippen molar-refractivity contribution in [3.05, 3.63) is 83.6 Å². The molecule has 3 amide bonds. The summed E-state index contributed by atoms with van der Waals surface area (Å²) >= 11 is 0. The van der Waals surface area contributed by atoms with Crippen molar-refractivity contribution in [3.63, 3.8) is 0 Å². The summed E-state index contributed by atoms with van der Waals surface area (Å²) in [6, 6.07) is 14.0. The van der Waals surface area contributed by atoms with Crippen LogP contribution in [0.3, 0.4) is 0 Å². The van der Waals surface area contributed by atoms with Crippen LogP contribution in [0.2, 0.25) is 0 Å². The van der Waals surface area contributed by atoms with Gasteiger partial charge in [-0.25, -0.2) is 4.79 Å². The van der Waals surface area contributed by atoms with Gasteiger partial charge in [0.1, 0.15) is 18.2 Å². The van der Waals surface area contributed by atoms with Gasteiger partial charge in [0, 0.05) is 49.5 Å². The third kappa shape index (κ3) is 8.04. The number of nitrogens with one attached hydrogen (secondary N) is 3. The molecular weight excluding hydrogens is 584 g/mol. The molecule has 246 valence electrons. The van der Waals surface area contributed by atoms with Gasteiger partial charge in [0.25, 0.3) is 0 Å². The minimum atomic E-state index is -1.17. The van der Waals surface area contributed by atoms with Gasteiger partial charge >= 0.3 is 5.97 Å². The molecule has 0 bridgehead atoms. The van der Waals surface area contributed by atoms with Crippen LogP contribution in [0, 0.1) is 11.8 Å². The summed E-state index contributed by atoms with van der Waals surface area (Å²) in [7, 11) is 2.96. The number of H-pyrrole nitrogens is 1. The molecule has 2 aromatic carbocycles. The number of likely N-dealkylation sites (N-methyl/N-ethyl adjacent to an activating group) is 1. The summed E-state index contributed by atoms with van der Waals surface area (Å²) in [5.74, 6) is -2.36. The Balaban J connectivity index is 1.78. The minimum absolute atomic E-state index is 0.157. The lowest BCUT2D eigenvalue weighted by Crippen LogP contribution is -2.56. The molecule has 10 nitrogen and oxygen atoms in total. The number of aromatic nitrogens is 1. The summed E-state index contributed by atoms with van der Waals surface area (Å²) in [6.07, 6.45) is 2.79. The molecule has 7 unspecified atom stereocenters. The summed E-state index contributed by atoms with van der Waals surface area (Å²) in [6.45, 7) is 9.11. The van der Waals surface area contributed by atoms with E-state index in [9.17, 15) is 19.2 Å². The molecule has 0 saturated heterocycles. The summed E-state index contributed by atoms with van der Waals surface area (Å²) < 4.78 is 11.6. The zero-order valence-corrected chi connectivity index (χ0v) is 27.7. The standard InChI is InChI=1S/C36H46N4O6/c1-21-17-22(2)25(5)46-36(44)32(45-7)31(26-13-9-8-10-14-26)39-34(42)30(19-27-20-37-29-16-12-11-15-28(27)29)40(6)35(43)24(4)38-33(41)23(3)18-21/h8-17,20,22-25,30-32,37H,18-19H2,1-7H3,(H,38,41)(H,39,42)/b21-17+. The van der Waals surface area contributed by atoms with Crippen LogP contribution in [-0.4, -0.2) is 72.0 Å². The van der Waals surface area contributed by atoms with Crippen LogP contribution in [0.4, 0.5) is 0 Å². The van der Waals surface area contributed by atoms with Crippen LogP contribution >= 0.6 is 0 Å². The van der Waals surface area contributed by atoms with Crippen LogP contribution in [0.15, 0.2) is 72.4 Å². The van der Waals surface area contributed by atoms with Crippen molar-refractivity contribution in [1.82, 2.24) is 20.5 Å². The van der Waals surface area contributed by atoms with E-state index in [4.69, 9.17) is 9.47 Å². The van der Waals surface area contributed by atoms with Crippen LogP contribution < -0.4 is 10.6 Å². The van der Waals surface area contributed by atoms with Gasteiger partial charge in [-0.15, -0.1) is 0 Å². The number of methoxy groups -OCH3 is 1. The first kappa shape index (κ1) is 34.4. The largest absolute Gasteiger partial charge is 0.460 e. The molecule has 1 aliphatic heterocycles. The molecule has 3 aromatic rings. The summed E-state index contributed by atoms with van der Waals surface area (Å²) in [4.78, 5) is 59.6. The van der Waals surface area contributed by atoms with E-state index in [-0.39, 0.29) is 18.2 Å². The summed E-state index contributed by atoms with van der Waals surface area (Å²) in [5.41, 5.74) is 3.34. The number of amides is 3. The molecule has 2 heterocycles. The molecular formula is C36H46N4O6. The number of fused-ring (bicyclic) bond motifs is 1. The molecule has 4 rings (SSSR count). The lowest BCUT2D eigenvalue weighted by Gasteiger charge is -2.33. The van der Waals surface area contributed by atoms with Crippen LogP contribution in [-0.2, 0) is 35.1 Å². The molecule has 1 aromatic heterocycles. The Hall–Kier alpha value is -4.44. The molecule has 46 heavy (non-hydrogen) atoms. The quantitative estimate of drug-likeness (QED) is 0.288. The molecule has 3 N–H and O–H groups in total. The number of para-hydroxylation sites is 1. The van der Waals surface area contributed by atoms with Gasteiger partial charge in [0.05, 0.1) is 6.04 Å². The van der Waals surface area contributed by atoms with Crippen LogP contribution in [0.1, 0.15) is 58.2 Å². The van der Waals surface area contributed by atoms with E-state index >= 15 is 0 Å². The Morgan fingerprint density at radius 3 is 2.28 bits per heavy atom. The van der Waals surface area contributed by atoms with Crippen molar-refractivity contribution >= 4 is 34.6 Å². The summed E-state index contributed by atoms with van der Waals surface area (Å²) in [5, 5.41) is 6.80. The van der Waals surface area contributed by atoms with Crippen molar-refractivity contribution in [1.29, 1.82) is 0 Å². The highest BCUT2D eigenvalue weighted by atomic mass is 16.6. The molecule has 0 radical (unpaired) electrons. The topological polar surface area (TPSA) is 130 Å². The molecule has 0 saturated carbocycles. The average Bonchev–Trinajstić information content (AvgIpc) is 3.45. The lowest BCUT2D eigenvalue weighted by atomic mass is 9.95. The fourth-order valence-corrected chi connectivity index (χ4v) is 5.99. The smallest absolute Gasteiger partial charge is 0.338 e. The normalized spacial score (nSPS) is 28.8. The number of allylic oxidation sites excluding steroid dienone is 1. The number of cyclic esters (lactones) is 1. The Labute approximate surface area is 270 Å². The zero-order chi connectivity index (χ0) is 33.5. The van der Waals surface area contributed by atoms with Crippen molar-refractivity contribution < 1.29 is 28.7 Å². The number of carbonyl (C=O) groups is 4. The second-order valence-corrected chi connectivity index (χ2v) is 12.4. The third-order valence-corrected chi connectivity index (χ3v) is 8.85. The number of hydrogen-bond donors (Lipinski definition) is 3. The molecule has 7 atom stereocenters. The Bertz CT molecular complexity index is 1570. The van der Waals surface area contributed by atoms with Gasteiger partial charge in [0.2, 0.25) is 17.7 Å². The van der Waals surface area contributed by atoms with Crippen LogP contribution in [0.5, 0.6) is 0 Å². The van der Waals surface area contributed by atoms with Crippen molar-refractivity contribution in [2.24, 2.45) is 11.8 Å². The maximum atomic E-state index is 14.3. The highest BCUT2D eigenvalue weighted by Crippen LogP contribution is 2.26. The molecule has 1 aliphatic rings. The molecule has 0 fully saturated rings. The number of rotatable bonds is 4. The molecule has 0 aliphatic carbocycles. The van der Waals surface area contributed by atoms with E-state index in [1.165, 1.54) is 12.0 Å². The minimum Gasteiger partial charge on any atom is -0.460 e. The van der Waals surface area contributed by atoms with E-state index in [0.29, 0.717) is 12.0 Å². The maximum absolute atomic E-state index is 14.3. The first-order valence-corrected chi connectivity index (χ1v) is 15.8. The molecule has 10 heteroatoms. The van der Waals surface area contributed by atoms with Gasteiger partial charge in [-0.2, -0.15) is 0 Å². The highest BCUT2D eigenvalue weighted by Gasteiger charge is 2.38. The number of ether oxygens (including phenoxy) is 2. The van der Waals surface area contributed by atoms with Crippen molar-refractivity contribution in [3.8, 4) is 0 Å². The monoisotopic (exact) mass is 630 g/mol. The van der Waals surface area contributed by atoms with Crippen molar-refractivity contribution in [2.45, 2.75) is 77.8 Å².